The molecular formula is C18H35N3O. The molecule has 1 aliphatic heterocycles. The summed E-state index contributed by atoms with van der Waals surface area (Å²) in [5.41, 5.74) is 0.0246. The van der Waals surface area contributed by atoms with Gasteiger partial charge in [0.25, 0.3) is 0 Å². The average molecular weight is 309 g/mol. The minimum atomic E-state index is -0.0511. The average Bonchev–Trinajstić information content (AvgIpc) is 2.76. The summed E-state index contributed by atoms with van der Waals surface area (Å²) in [4.78, 5) is 14.8. The Labute approximate surface area is 136 Å². The lowest BCUT2D eigenvalue weighted by atomic mass is 9.91. The third-order valence-electron chi connectivity index (χ3n) is 5.29. The molecule has 2 rings (SSSR count). The van der Waals surface area contributed by atoms with Crippen molar-refractivity contribution in [1.29, 1.82) is 0 Å². The molecule has 1 saturated carbocycles. The number of nitrogens with zero attached hydrogens (tertiary/aromatic N) is 1. The van der Waals surface area contributed by atoms with Crippen LogP contribution >= 0.6 is 0 Å². The Kier molecular flexibility index (Phi) is 5.10. The molecule has 1 aliphatic carbocycles. The van der Waals surface area contributed by atoms with Crippen molar-refractivity contribution in [3.8, 4) is 0 Å². The SMILES string of the molecule is CC(C)C1CCCC1NC(=O)N1CCC(C)(C)NC(C)(C)C1. The van der Waals surface area contributed by atoms with Gasteiger partial charge in [-0.2, -0.15) is 0 Å². The molecule has 128 valence electrons. The topological polar surface area (TPSA) is 44.4 Å². The normalized spacial score (nSPS) is 31.1. The Morgan fingerprint density at radius 3 is 2.50 bits per heavy atom. The summed E-state index contributed by atoms with van der Waals surface area (Å²) in [7, 11) is 0. The summed E-state index contributed by atoms with van der Waals surface area (Å²) in [5.74, 6) is 1.28. The molecule has 0 aromatic rings. The molecule has 0 bridgehead atoms. The van der Waals surface area contributed by atoms with Crippen LogP contribution in [0.3, 0.4) is 0 Å². The Bertz CT molecular complexity index is 403. The van der Waals surface area contributed by atoms with Crippen LogP contribution in [0.4, 0.5) is 4.79 Å². The van der Waals surface area contributed by atoms with Crippen molar-refractivity contribution in [1.82, 2.24) is 15.5 Å². The molecule has 4 nitrogen and oxygen atoms in total. The molecule has 22 heavy (non-hydrogen) atoms. The lowest BCUT2D eigenvalue weighted by Crippen LogP contribution is -2.55. The van der Waals surface area contributed by atoms with Crippen LogP contribution < -0.4 is 10.6 Å². The molecule has 0 radical (unpaired) electrons. The minimum absolute atomic E-state index is 0.0511. The summed E-state index contributed by atoms with van der Waals surface area (Å²) in [6, 6.07) is 0.491. The highest BCUT2D eigenvalue weighted by Gasteiger charge is 2.37. The fraction of sp³-hybridized carbons (Fsp3) is 0.944. The Hall–Kier alpha value is -0.770. The first-order valence-electron chi connectivity index (χ1n) is 8.94. The summed E-state index contributed by atoms with van der Waals surface area (Å²) < 4.78 is 0. The number of rotatable bonds is 2. The predicted molar refractivity (Wildman–Crippen MR) is 92.0 cm³/mol. The van der Waals surface area contributed by atoms with Crippen LogP contribution in [0.5, 0.6) is 0 Å². The number of nitrogens with one attached hydrogen (secondary N) is 2. The van der Waals surface area contributed by atoms with E-state index < -0.39 is 0 Å². The molecule has 2 atom stereocenters. The van der Waals surface area contributed by atoms with Crippen LogP contribution in [0.1, 0.15) is 67.2 Å². The first-order valence-corrected chi connectivity index (χ1v) is 8.94. The summed E-state index contributed by atoms with van der Waals surface area (Å²) in [6.45, 7) is 15.0. The van der Waals surface area contributed by atoms with Gasteiger partial charge < -0.3 is 15.5 Å². The number of carbonyl (C=O) groups is 1. The van der Waals surface area contributed by atoms with E-state index in [1.807, 2.05) is 4.90 Å². The number of carbonyl (C=O) groups excluding carboxylic acids is 1. The van der Waals surface area contributed by atoms with E-state index in [-0.39, 0.29) is 17.1 Å². The van der Waals surface area contributed by atoms with Gasteiger partial charge in [0.05, 0.1) is 0 Å². The zero-order valence-electron chi connectivity index (χ0n) is 15.3. The Balaban J connectivity index is 2.00. The van der Waals surface area contributed by atoms with Gasteiger partial charge in [-0.3, -0.25) is 0 Å². The van der Waals surface area contributed by atoms with E-state index in [2.05, 4.69) is 52.2 Å². The monoisotopic (exact) mass is 309 g/mol. The second-order valence-electron chi connectivity index (χ2n) is 8.96. The smallest absolute Gasteiger partial charge is 0.317 e. The van der Waals surface area contributed by atoms with E-state index in [0.717, 1.165) is 25.9 Å². The van der Waals surface area contributed by atoms with E-state index in [1.54, 1.807) is 0 Å². The molecule has 2 unspecified atom stereocenters. The molecule has 2 aliphatic rings. The van der Waals surface area contributed by atoms with Crippen LogP contribution in [0.2, 0.25) is 0 Å². The van der Waals surface area contributed by atoms with Crippen molar-refractivity contribution in [2.24, 2.45) is 11.8 Å². The second kappa shape index (κ2) is 6.38. The lowest BCUT2D eigenvalue weighted by Gasteiger charge is -2.35. The van der Waals surface area contributed by atoms with E-state index in [9.17, 15) is 4.79 Å². The first kappa shape index (κ1) is 17.6. The van der Waals surface area contributed by atoms with Crippen molar-refractivity contribution in [3.05, 3.63) is 0 Å². The maximum absolute atomic E-state index is 12.8. The third kappa shape index (κ3) is 4.37. The van der Waals surface area contributed by atoms with E-state index >= 15 is 0 Å². The van der Waals surface area contributed by atoms with Crippen molar-refractivity contribution >= 4 is 6.03 Å². The fourth-order valence-corrected chi connectivity index (χ4v) is 4.38. The molecule has 4 heteroatoms. The molecule has 1 saturated heterocycles. The van der Waals surface area contributed by atoms with Gasteiger partial charge in [0.1, 0.15) is 0 Å². The van der Waals surface area contributed by atoms with Gasteiger partial charge >= 0.3 is 6.03 Å². The first-order chi connectivity index (χ1) is 10.1. The van der Waals surface area contributed by atoms with Gasteiger partial charge in [0.15, 0.2) is 0 Å². The van der Waals surface area contributed by atoms with E-state index in [1.165, 1.54) is 12.8 Å². The number of hydrogen-bond donors (Lipinski definition) is 2. The minimum Gasteiger partial charge on any atom is -0.335 e. The molecule has 2 fully saturated rings. The van der Waals surface area contributed by atoms with Crippen LogP contribution in [-0.4, -0.2) is 41.1 Å². The maximum Gasteiger partial charge on any atom is 0.317 e. The maximum atomic E-state index is 12.8. The Morgan fingerprint density at radius 1 is 1.18 bits per heavy atom. The molecule has 2 N–H and O–H groups in total. The highest BCUT2D eigenvalue weighted by atomic mass is 16.2. The van der Waals surface area contributed by atoms with Gasteiger partial charge in [0, 0.05) is 30.2 Å². The van der Waals surface area contributed by atoms with Crippen LogP contribution in [0, 0.1) is 11.8 Å². The second-order valence-corrected chi connectivity index (χ2v) is 8.96. The zero-order chi connectivity index (χ0) is 16.5. The van der Waals surface area contributed by atoms with Gasteiger partial charge in [-0.05, 0) is 58.8 Å². The number of hydrogen-bond acceptors (Lipinski definition) is 2. The highest BCUT2D eigenvalue weighted by molar-refractivity contribution is 5.74. The molecule has 0 aromatic heterocycles. The molecule has 0 aromatic carbocycles. The van der Waals surface area contributed by atoms with Crippen molar-refractivity contribution in [3.63, 3.8) is 0 Å². The highest BCUT2D eigenvalue weighted by Crippen LogP contribution is 2.32. The van der Waals surface area contributed by atoms with Crippen molar-refractivity contribution in [2.75, 3.05) is 13.1 Å². The third-order valence-corrected chi connectivity index (χ3v) is 5.29. The number of urea groups is 1. The molecule has 2 amide bonds. The van der Waals surface area contributed by atoms with Crippen LogP contribution in [0.25, 0.3) is 0 Å². The number of amides is 2. The van der Waals surface area contributed by atoms with Crippen LogP contribution in [0.15, 0.2) is 0 Å². The lowest BCUT2D eigenvalue weighted by molar-refractivity contribution is 0.178. The van der Waals surface area contributed by atoms with Crippen molar-refractivity contribution in [2.45, 2.75) is 84.3 Å². The summed E-state index contributed by atoms with van der Waals surface area (Å²) in [6.07, 6.45) is 4.62. The predicted octanol–water partition coefficient (Wildman–Crippen LogP) is 3.37. The van der Waals surface area contributed by atoms with Gasteiger partial charge in [0.2, 0.25) is 0 Å². The van der Waals surface area contributed by atoms with E-state index in [0.29, 0.717) is 17.9 Å². The zero-order valence-corrected chi connectivity index (χ0v) is 15.3. The fourth-order valence-electron chi connectivity index (χ4n) is 4.38. The summed E-state index contributed by atoms with van der Waals surface area (Å²) >= 11 is 0. The van der Waals surface area contributed by atoms with Gasteiger partial charge in [-0.15, -0.1) is 0 Å². The largest absolute Gasteiger partial charge is 0.335 e. The van der Waals surface area contributed by atoms with E-state index in [4.69, 9.17) is 0 Å². The van der Waals surface area contributed by atoms with Gasteiger partial charge in [-0.25, -0.2) is 4.79 Å². The van der Waals surface area contributed by atoms with Gasteiger partial charge in [-0.1, -0.05) is 20.3 Å². The standard InChI is InChI=1S/C18H35N3O/c1-13(2)14-8-7-9-15(14)19-16(22)21-11-10-17(3,4)20-18(5,6)12-21/h13-15,20H,7-12H2,1-6H3,(H,19,22). The van der Waals surface area contributed by atoms with Crippen molar-refractivity contribution < 1.29 is 4.79 Å². The van der Waals surface area contributed by atoms with Crippen LogP contribution in [-0.2, 0) is 0 Å². The molecule has 1 heterocycles. The quantitative estimate of drug-likeness (QED) is 0.821. The molecular weight excluding hydrogens is 274 g/mol. The Morgan fingerprint density at radius 2 is 1.86 bits per heavy atom. The molecule has 0 spiro atoms. The summed E-state index contributed by atoms with van der Waals surface area (Å²) in [5, 5.41) is 7.01.